The van der Waals surface area contributed by atoms with Crippen molar-refractivity contribution in [2.24, 2.45) is 7.05 Å². The highest BCUT2D eigenvalue weighted by atomic mass is 32.2. The van der Waals surface area contributed by atoms with E-state index in [0.717, 1.165) is 23.5 Å². The summed E-state index contributed by atoms with van der Waals surface area (Å²) in [6.07, 6.45) is 6.46. The van der Waals surface area contributed by atoms with Gasteiger partial charge in [0, 0.05) is 41.3 Å². The molecule has 0 spiro atoms. The molecule has 0 amide bonds. The third-order valence-corrected chi connectivity index (χ3v) is 6.85. The quantitative estimate of drug-likeness (QED) is 0.874. The van der Waals surface area contributed by atoms with Crippen LogP contribution in [0.1, 0.15) is 25.8 Å². The van der Waals surface area contributed by atoms with E-state index >= 15 is 0 Å². The van der Waals surface area contributed by atoms with Gasteiger partial charge in [-0.05, 0) is 24.9 Å². The summed E-state index contributed by atoms with van der Waals surface area (Å²) in [5, 5.41) is 9.46. The van der Waals surface area contributed by atoms with Gasteiger partial charge in [-0.2, -0.15) is 28.6 Å². The molecular formula is C14H25N3S2. The van der Waals surface area contributed by atoms with E-state index in [1.165, 1.54) is 23.5 Å². The highest BCUT2D eigenvalue weighted by molar-refractivity contribution is 8.07. The van der Waals surface area contributed by atoms with E-state index in [0.29, 0.717) is 6.04 Å². The van der Waals surface area contributed by atoms with Crippen molar-refractivity contribution in [3.63, 3.8) is 0 Å². The predicted octanol–water partition coefficient (Wildman–Crippen LogP) is 2.57. The number of hydrogen-bond donors (Lipinski definition) is 1. The van der Waals surface area contributed by atoms with Crippen LogP contribution in [0, 0.1) is 0 Å². The maximum absolute atomic E-state index is 4.25. The number of nitrogens with zero attached hydrogens (tertiary/aromatic N) is 2. The Balaban J connectivity index is 1.91. The molecule has 0 aliphatic carbocycles. The van der Waals surface area contributed by atoms with Crippen LogP contribution in [0.15, 0.2) is 12.4 Å². The van der Waals surface area contributed by atoms with Crippen molar-refractivity contribution in [1.82, 2.24) is 15.1 Å². The van der Waals surface area contributed by atoms with Gasteiger partial charge in [-0.1, -0.05) is 13.8 Å². The lowest BCUT2D eigenvalue weighted by molar-refractivity contribution is 0.473. The van der Waals surface area contributed by atoms with Crippen molar-refractivity contribution in [3.05, 3.63) is 18.0 Å². The van der Waals surface area contributed by atoms with E-state index in [2.05, 4.69) is 54.0 Å². The molecule has 5 heteroatoms. The number of aryl methyl sites for hydroxylation is 2. The van der Waals surface area contributed by atoms with Crippen molar-refractivity contribution in [2.45, 2.75) is 43.2 Å². The first-order valence-electron chi connectivity index (χ1n) is 7.14. The van der Waals surface area contributed by atoms with Gasteiger partial charge < -0.3 is 5.32 Å². The van der Waals surface area contributed by atoms with E-state index < -0.39 is 0 Å². The Morgan fingerprint density at radius 1 is 1.47 bits per heavy atom. The summed E-state index contributed by atoms with van der Waals surface area (Å²) in [6, 6.07) is 0.623. The maximum Gasteiger partial charge on any atom is 0.0521 e. The minimum absolute atomic E-state index is 0.623. The topological polar surface area (TPSA) is 29.9 Å². The molecule has 1 aromatic heterocycles. The Bertz CT molecular complexity index is 381. The molecule has 3 unspecified atom stereocenters. The van der Waals surface area contributed by atoms with Gasteiger partial charge in [-0.25, -0.2) is 0 Å². The molecule has 0 bridgehead atoms. The van der Waals surface area contributed by atoms with Crippen molar-refractivity contribution in [1.29, 1.82) is 0 Å². The maximum atomic E-state index is 4.25. The molecule has 0 aromatic carbocycles. The molecule has 108 valence electrons. The molecular weight excluding hydrogens is 274 g/mol. The fraction of sp³-hybridized carbons (Fsp3) is 0.786. The molecule has 2 heterocycles. The summed E-state index contributed by atoms with van der Waals surface area (Å²) >= 11 is 4.28. The zero-order valence-corrected chi connectivity index (χ0v) is 13.8. The number of thioether (sulfide) groups is 2. The molecule has 1 aromatic rings. The Morgan fingerprint density at radius 2 is 2.26 bits per heavy atom. The SMILES string of the molecule is CCNC(CCc1cnn(C)c1)C1SCCSC1C. The van der Waals surface area contributed by atoms with Gasteiger partial charge >= 0.3 is 0 Å². The molecule has 19 heavy (non-hydrogen) atoms. The molecule has 1 N–H and O–H groups in total. The summed E-state index contributed by atoms with van der Waals surface area (Å²) in [7, 11) is 1.99. The highest BCUT2D eigenvalue weighted by Crippen LogP contribution is 2.34. The molecule has 0 radical (unpaired) electrons. The van der Waals surface area contributed by atoms with Crippen LogP contribution in [-0.4, -0.2) is 44.4 Å². The molecule has 1 fully saturated rings. The Morgan fingerprint density at radius 3 is 2.89 bits per heavy atom. The van der Waals surface area contributed by atoms with E-state index in [9.17, 15) is 0 Å². The van der Waals surface area contributed by atoms with Crippen molar-refractivity contribution in [3.8, 4) is 0 Å². The van der Waals surface area contributed by atoms with Crippen LogP contribution in [0.3, 0.4) is 0 Å². The number of aromatic nitrogens is 2. The van der Waals surface area contributed by atoms with E-state index in [1.54, 1.807) is 0 Å². The third-order valence-electron chi connectivity index (χ3n) is 3.60. The fourth-order valence-corrected chi connectivity index (χ4v) is 5.66. The molecule has 1 saturated heterocycles. The Kier molecular flexibility index (Phi) is 6.10. The standard InChI is InChI=1S/C14H25N3S2/c1-4-15-13(14-11(2)18-7-8-19-14)6-5-12-9-16-17(3)10-12/h9-11,13-15H,4-8H2,1-3H3. The zero-order valence-electron chi connectivity index (χ0n) is 12.1. The van der Waals surface area contributed by atoms with Gasteiger partial charge in [0.1, 0.15) is 0 Å². The van der Waals surface area contributed by atoms with Gasteiger partial charge in [0.15, 0.2) is 0 Å². The smallest absolute Gasteiger partial charge is 0.0521 e. The van der Waals surface area contributed by atoms with Gasteiger partial charge in [0.2, 0.25) is 0 Å². The minimum atomic E-state index is 0.623. The summed E-state index contributed by atoms with van der Waals surface area (Å²) in [4.78, 5) is 0. The second-order valence-electron chi connectivity index (χ2n) is 5.14. The first-order valence-corrected chi connectivity index (χ1v) is 9.24. The minimum Gasteiger partial charge on any atom is -0.313 e. The second-order valence-corrected chi connectivity index (χ2v) is 7.91. The number of hydrogen-bond acceptors (Lipinski definition) is 4. The fourth-order valence-electron chi connectivity index (χ4n) is 2.66. The summed E-state index contributed by atoms with van der Waals surface area (Å²) in [5.74, 6) is 2.61. The van der Waals surface area contributed by atoms with Crippen LogP contribution in [0.25, 0.3) is 0 Å². The van der Waals surface area contributed by atoms with Crippen LogP contribution in [0.5, 0.6) is 0 Å². The molecule has 0 saturated carbocycles. The summed E-state index contributed by atoms with van der Waals surface area (Å²) in [6.45, 7) is 5.66. The number of rotatable bonds is 6. The Labute approximate surface area is 125 Å². The average molecular weight is 300 g/mol. The molecule has 2 rings (SSSR count). The average Bonchev–Trinajstić information content (AvgIpc) is 2.81. The van der Waals surface area contributed by atoms with Crippen molar-refractivity contribution < 1.29 is 0 Å². The van der Waals surface area contributed by atoms with Gasteiger partial charge in [0.25, 0.3) is 0 Å². The molecule has 1 aliphatic heterocycles. The first kappa shape index (κ1) is 15.3. The highest BCUT2D eigenvalue weighted by Gasteiger charge is 2.29. The molecule has 3 atom stereocenters. The number of nitrogens with one attached hydrogen (secondary N) is 1. The van der Waals surface area contributed by atoms with Crippen molar-refractivity contribution >= 4 is 23.5 Å². The van der Waals surface area contributed by atoms with E-state index in [4.69, 9.17) is 0 Å². The van der Waals surface area contributed by atoms with Gasteiger partial charge in [0.05, 0.1) is 6.20 Å². The first-order chi connectivity index (χ1) is 9.20. The Hall–Kier alpha value is -0.130. The lowest BCUT2D eigenvalue weighted by atomic mass is 10.0. The predicted molar refractivity (Wildman–Crippen MR) is 87.2 cm³/mol. The zero-order chi connectivity index (χ0) is 13.7. The molecule has 1 aliphatic rings. The van der Waals surface area contributed by atoms with Crippen LogP contribution in [0.2, 0.25) is 0 Å². The largest absolute Gasteiger partial charge is 0.313 e. The van der Waals surface area contributed by atoms with Crippen LogP contribution >= 0.6 is 23.5 Å². The van der Waals surface area contributed by atoms with Gasteiger partial charge in [-0.3, -0.25) is 4.68 Å². The summed E-state index contributed by atoms with van der Waals surface area (Å²) in [5.41, 5.74) is 1.35. The van der Waals surface area contributed by atoms with Crippen LogP contribution in [0.4, 0.5) is 0 Å². The molecule has 3 nitrogen and oxygen atoms in total. The normalized spacial score (nSPS) is 25.4. The lowest BCUT2D eigenvalue weighted by Gasteiger charge is -2.35. The van der Waals surface area contributed by atoms with E-state index in [-0.39, 0.29) is 0 Å². The van der Waals surface area contributed by atoms with Gasteiger partial charge in [-0.15, -0.1) is 0 Å². The third kappa shape index (κ3) is 4.43. The summed E-state index contributed by atoms with van der Waals surface area (Å²) < 4.78 is 1.89. The van der Waals surface area contributed by atoms with Crippen molar-refractivity contribution in [2.75, 3.05) is 18.1 Å². The lowest BCUT2D eigenvalue weighted by Crippen LogP contribution is -2.44. The van der Waals surface area contributed by atoms with Crippen LogP contribution in [-0.2, 0) is 13.5 Å². The monoisotopic (exact) mass is 299 g/mol. The van der Waals surface area contributed by atoms with Crippen LogP contribution < -0.4 is 5.32 Å². The second kappa shape index (κ2) is 7.60. The van der Waals surface area contributed by atoms with E-state index in [1.807, 2.05) is 17.9 Å².